The zero-order valence-electron chi connectivity index (χ0n) is 12.0. The number of amides is 1. The van der Waals surface area contributed by atoms with Gasteiger partial charge < -0.3 is 14.6 Å². The van der Waals surface area contributed by atoms with E-state index in [-0.39, 0.29) is 12.5 Å². The zero-order valence-corrected chi connectivity index (χ0v) is 13.6. The standard InChI is InChI=1S/C16H15BrN2O3/c1-2-18-8-10(17)7-14(18)15(20)19-9-12(16(21)22)11-5-3-4-6-13(11)19/h3-8,12H,2,9H2,1H3,(H,21,22)/t12-/m0/s1. The fourth-order valence-electron chi connectivity index (χ4n) is 2.86. The molecule has 114 valence electrons. The van der Waals surface area contributed by atoms with Crippen molar-refractivity contribution in [1.82, 2.24) is 4.57 Å². The van der Waals surface area contributed by atoms with E-state index in [0.29, 0.717) is 23.5 Å². The summed E-state index contributed by atoms with van der Waals surface area (Å²) in [6.07, 6.45) is 1.85. The molecule has 1 N–H and O–H groups in total. The Labute approximate surface area is 136 Å². The molecule has 1 aliphatic rings. The summed E-state index contributed by atoms with van der Waals surface area (Å²) in [7, 11) is 0. The molecule has 0 fully saturated rings. The third-order valence-corrected chi connectivity index (χ3v) is 4.37. The molecule has 1 atom stereocenters. The van der Waals surface area contributed by atoms with E-state index in [0.717, 1.165) is 4.47 Å². The lowest BCUT2D eigenvalue weighted by Crippen LogP contribution is -2.32. The van der Waals surface area contributed by atoms with Crippen LogP contribution in [-0.4, -0.2) is 28.1 Å². The highest BCUT2D eigenvalue weighted by molar-refractivity contribution is 9.10. The van der Waals surface area contributed by atoms with Crippen LogP contribution in [0.15, 0.2) is 41.0 Å². The van der Waals surface area contributed by atoms with Crippen molar-refractivity contribution < 1.29 is 14.7 Å². The van der Waals surface area contributed by atoms with Crippen molar-refractivity contribution in [3.05, 3.63) is 52.3 Å². The summed E-state index contributed by atoms with van der Waals surface area (Å²) in [4.78, 5) is 25.9. The Morgan fingerprint density at radius 1 is 1.36 bits per heavy atom. The third-order valence-electron chi connectivity index (χ3n) is 3.93. The van der Waals surface area contributed by atoms with Gasteiger partial charge in [-0.25, -0.2) is 0 Å². The molecule has 2 heterocycles. The molecule has 1 aliphatic heterocycles. The van der Waals surface area contributed by atoms with E-state index >= 15 is 0 Å². The van der Waals surface area contributed by atoms with Crippen molar-refractivity contribution >= 4 is 33.5 Å². The van der Waals surface area contributed by atoms with Crippen LogP contribution in [0.4, 0.5) is 5.69 Å². The molecule has 0 bridgehead atoms. The molecule has 1 amide bonds. The van der Waals surface area contributed by atoms with Crippen molar-refractivity contribution in [2.24, 2.45) is 0 Å². The molecular formula is C16H15BrN2O3. The second-order valence-electron chi connectivity index (χ2n) is 5.19. The highest BCUT2D eigenvalue weighted by atomic mass is 79.9. The van der Waals surface area contributed by atoms with E-state index < -0.39 is 11.9 Å². The van der Waals surface area contributed by atoms with Gasteiger partial charge in [0.25, 0.3) is 5.91 Å². The van der Waals surface area contributed by atoms with Gasteiger partial charge in [0.05, 0.1) is 0 Å². The Bertz CT molecular complexity index is 754. The molecule has 6 heteroatoms. The van der Waals surface area contributed by atoms with Crippen LogP contribution in [0.25, 0.3) is 0 Å². The Morgan fingerprint density at radius 2 is 2.09 bits per heavy atom. The summed E-state index contributed by atoms with van der Waals surface area (Å²) in [5.41, 5.74) is 1.92. The molecule has 0 radical (unpaired) electrons. The molecule has 0 spiro atoms. The lowest BCUT2D eigenvalue weighted by Gasteiger charge is -2.18. The van der Waals surface area contributed by atoms with Gasteiger partial charge in [-0.15, -0.1) is 0 Å². The highest BCUT2D eigenvalue weighted by Gasteiger charge is 2.37. The molecule has 22 heavy (non-hydrogen) atoms. The summed E-state index contributed by atoms with van der Waals surface area (Å²) < 4.78 is 2.68. The number of aliphatic carboxylic acids is 1. The van der Waals surface area contributed by atoms with Crippen LogP contribution >= 0.6 is 15.9 Å². The van der Waals surface area contributed by atoms with E-state index in [1.165, 1.54) is 0 Å². The number of anilines is 1. The van der Waals surface area contributed by atoms with Crippen LogP contribution in [0.3, 0.4) is 0 Å². The number of benzene rings is 1. The van der Waals surface area contributed by atoms with Crippen molar-refractivity contribution in [2.45, 2.75) is 19.4 Å². The van der Waals surface area contributed by atoms with Crippen LogP contribution in [-0.2, 0) is 11.3 Å². The number of aryl methyl sites for hydroxylation is 1. The van der Waals surface area contributed by atoms with Gasteiger partial charge in [-0.05, 0) is 40.5 Å². The fraction of sp³-hybridized carbons (Fsp3) is 0.250. The molecule has 0 saturated carbocycles. The van der Waals surface area contributed by atoms with Crippen molar-refractivity contribution in [2.75, 3.05) is 11.4 Å². The number of carbonyl (C=O) groups is 2. The van der Waals surface area contributed by atoms with Gasteiger partial charge in [0.15, 0.2) is 0 Å². The maximum absolute atomic E-state index is 12.9. The lowest BCUT2D eigenvalue weighted by atomic mass is 10.0. The second kappa shape index (κ2) is 5.61. The maximum atomic E-state index is 12.9. The largest absolute Gasteiger partial charge is 0.481 e. The molecule has 2 aromatic rings. The fourth-order valence-corrected chi connectivity index (χ4v) is 3.33. The van der Waals surface area contributed by atoms with Crippen molar-refractivity contribution in [3.8, 4) is 0 Å². The molecule has 3 rings (SSSR count). The topological polar surface area (TPSA) is 62.5 Å². The molecule has 5 nitrogen and oxygen atoms in total. The third kappa shape index (κ3) is 2.33. The van der Waals surface area contributed by atoms with Crippen molar-refractivity contribution in [1.29, 1.82) is 0 Å². The molecule has 0 aliphatic carbocycles. The predicted molar refractivity (Wildman–Crippen MR) is 86.3 cm³/mol. The van der Waals surface area contributed by atoms with Gasteiger partial charge in [0.1, 0.15) is 11.6 Å². The van der Waals surface area contributed by atoms with E-state index in [1.54, 1.807) is 29.2 Å². The van der Waals surface area contributed by atoms with Gasteiger partial charge in [-0.2, -0.15) is 0 Å². The molecule has 1 aromatic heterocycles. The predicted octanol–water partition coefficient (Wildman–Crippen LogP) is 3.10. The number of para-hydroxylation sites is 1. The summed E-state index contributed by atoms with van der Waals surface area (Å²) >= 11 is 3.38. The van der Waals surface area contributed by atoms with Crippen LogP contribution in [0.2, 0.25) is 0 Å². The quantitative estimate of drug-likeness (QED) is 0.912. The number of aromatic nitrogens is 1. The number of carboxylic acids is 1. The number of carbonyl (C=O) groups excluding carboxylic acids is 1. The Kier molecular flexibility index (Phi) is 3.78. The number of carboxylic acid groups (broad SMARTS) is 1. The second-order valence-corrected chi connectivity index (χ2v) is 6.11. The summed E-state index contributed by atoms with van der Waals surface area (Å²) in [5, 5.41) is 9.38. The molecule has 0 unspecified atom stereocenters. The van der Waals surface area contributed by atoms with Gasteiger partial charge in [-0.3, -0.25) is 9.59 Å². The highest BCUT2D eigenvalue weighted by Crippen LogP contribution is 2.37. The normalized spacial score (nSPS) is 16.6. The van der Waals surface area contributed by atoms with Crippen LogP contribution in [0.5, 0.6) is 0 Å². The SMILES string of the molecule is CCn1cc(Br)cc1C(=O)N1C[C@H](C(=O)O)c2ccccc21. The first-order valence-corrected chi connectivity index (χ1v) is 7.81. The van der Waals surface area contributed by atoms with E-state index in [9.17, 15) is 14.7 Å². The van der Waals surface area contributed by atoms with Gasteiger partial charge in [0.2, 0.25) is 0 Å². The summed E-state index contributed by atoms with van der Waals surface area (Å²) in [6, 6.07) is 8.95. The average molecular weight is 363 g/mol. The first-order chi connectivity index (χ1) is 10.5. The smallest absolute Gasteiger partial charge is 0.312 e. The first-order valence-electron chi connectivity index (χ1n) is 7.02. The van der Waals surface area contributed by atoms with Gasteiger partial charge >= 0.3 is 5.97 Å². The minimum absolute atomic E-state index is 0.167. The van der Waals surface area contributed by atoms with Crippen molar-refractivity contribution in [3.63, 3.8) is 0 Å². The number of nitrogens with zero attached hydrogens (tertiary/aromatic N) is 2. The maximum Gasteiger partial charge on any atom is 0.312 e. The van der Waals surface area contributed by atoms with E-state index in [4.69, 9.17) is 0 Å². The van der Waals surface area contributed by atoms with Crippen LogP contribution in [0.1, 0.15) is 28.9 Å². The summed E-state index contributed by atoms with van der Waals surface area (Å²) in [6.45, 7) is 2.80. The Hall–Kier alpha value is -2.08. The number of fused-ring (bicyclic) bond motifs is 1. The molecular weight excluding hydrogens is 348 g/mol. The first kappa shape index (κ1) is 14.8. The van der Waals surface area contributed by atoms with E-state index in [1.807, 2.05) is 23.8 Å². The molecule has 0 saturated heterocycles. The van der Waals surface area contributed by atoms with Crippen LogP contribution in [0, 0.1) is 0 Å². The minimum Gasteiger partial charge on any atom is -0.481 e. The number of rotatable bonds is 3. The minimum atomic E-state index is -0.908. The van der Waals surface area contributed by atoms with Gasteiger partial charge in [0, 0.05) is 29.4 Å². The van der Waals surface area contributed by atoms with Gasteiger partial charge in [-0.1, -0.05) is 18.2 Å². The number of halogens is 1. The number of hydrogen-bond donors (Lipinski definition) is 1. The van der Waals surface area contributed by atoms with E-state index in [2.05, 4.69) is 15.9 Å². The van der Waals surface area contributed by atoms with Crippen LogP contribution < -0.4 is 4.90 Å². The Balaban J connectivity index is 2.02. The number of hydrogen-bond acceptors (Lipinski definition) is 2. The Morgan fingerprint density at radius 3 is 2.77 bits per heavy atom. The molecule has 1 aromatic carbocycles. The summed E-state index contributed by atoms with van der Waals surface area (Å²) in [5.74, 6) is -1.76. The zero-order chi connectivity index (χ0) is 15.9. The lowest BCUT2D eigenvalue weighted by molar-refractivity contribution is -0.138. The monoisotopic (exact) mass is 362 g/mol. The average Bonchev–Trinajstić information content (AvgIpc) is 3.07.